The van der Waals surface area contributed by atoms with Crippen molar-refractivity contribution in [3.8, 4) is 5.75 Å². The molecular formula is C14H18N2OS. The zero-order valence-corrected chi connectivity index (χ0v) is 11.5. The average molecular weight is 262 g/mol. The summed E-state index contributed by atoms with van der Waals surface area (Å²) in [4.78, 5) is 5.56. The zero-order valence-electron chi connectivity index (χ0n) is 10.7. The van der Waals surface area contributed by atoms with Gasteiger partial charge in [-0.05, 0) is 19.4 Å². The molecule has 3 nitrogen and oxygen atoms in total. The number of nitrogens with zero attached hydrogens (tertiary/aromatic N) is 1. The number of aromatic hydroxyl groups is 1. The van der Waals surface area contributed by atoms with Gasteiger partial charge in [0.05, 0.1) is 0 Å². The van der Waals surface area contributed by atoms with Crippen LogP contribution < -0.4 is 5.32 Å². The largest absolute Gasteiger partial charge is 0.508 e. The average Bonchev–Trinajstić information content (AvgIpc) is 2.78. The van der Waals surface area contributed by atoms with Gasteiger partial charge in [-0.2, -0.15) is 0 Å². The third-order valence-corrected chi connectivity index (χ3v) is 3.80. The summed E-state index contributed by atoms with van der Waals surface area (Å²) < 4.78 is 0. The molecule has 1 heterocycles. The molecule has 0 radical (unpaired) electrons. The summed E-state index contributed by atoms with van der Waals surface area (Å²) in [5, 5.41) is 14.4. The molecule has 0 aliphatic carbocycles. The van der Waals surface area contributed by atoms with E-state index in [9.17, 15) is 5.11 Å². The van der Waals surface area contributed by atoms with Crippen LogP contribution in [0.25, 0.3) is 0 Å². The molecule has 2 rings (SSSR count). The van der Waals surface area contributed by atoms with E-state index in [0.29, 0.717) is 5.75 Å². The van der Waals surface area contributed by atoms with Crippen LogP contribution in [0.15, 0.2) is 30.5 Å². The zero-order chi connectivity index (χ0) is 13.0. The Bertz CT molecular complexity index is 510. The molecule has 96 valence electrons. The number of thiazole rings is 1. The van der Waals surface area contributed by atoms with E-state index >= 15 is 0 Å². The van der Waals surface area contributed by atoms with Gasteiger partial charge in [0.2, 0.25) is 0 Å². The number of aromatic nitrogens is 1. The number of rotatable bonds is 5. The normalized spacial score (nSPS) is 12.6. The lowest BCUT2D eigenvalue weighted by Gasteiger charge is -2.17. The summed E-state index contributed by atoms with van der Waals surface area (Å²) in [6.07, 6.45) is 2.82. The van der Waals surface area contributed by atoms with E-state index in [4.69, 9.17) is 0 Å². The molecule has 18 heavy (non-hydrogen) atoms. The molecule has 0 saturated heterocycles. The van der Waals surface area contributed by atoms with Crippen molar-refractivity contribution in [3.63, 3.8) is 0 Å². The first-order valence-electron chi connectivity index (χ1n) is 6.13. The quantitative estimate of drug-likeness (QED) is 0.868. The van der Waals surface area contributed by atoms with Gasteiger partial charge in [-0.1, -0.05) is 25.1 Å². The predicted molar refractivity (Wildman–Crippen MR) is 74.8 cm³/mol. The lowest BCUT2D eigenvalue weighted by molar-refractivity contribution is 0.440. The number of aryl methyl sites for hydroxylation is 1. The van der Waals surface area contributed by atoms with Gasteiger partial charge in [-0.25, -0.2) is 4.98 Å². The van der Waals surface area contributed by atoms with Crippen LogP contribution in [0.4, 0.5) is 0 Å². The number of phenolic OH excluding ortho intramolecular Hbond substituents is 1. The monoisotopic (exact) mass is 262 g/mol. The smallest absolute Gasteiger partial charge is 0.120 e. The van der Waals surface area contributed by atoms with Crippen LogP contribution in [0.3, 0.4) is 0 Å². The Morgan fingerprint density at radius 2 is 2.17 bits per heavy atom. The molecule has 0 saturated carbocycles. The van der Waals surface area contributed by atoms with Gasteiger partial charge in [-0.15, -0.1) is 11.3 Å². The van der Waals surface area contributed by atoms with Gasteiger partial charge in [-0.3, -0.25) is 0 Å². The van der Waals surface area contributed by atoms with E-state index < -0.39 is 0 Å². The molecule has 2 aromatic rings. The number of nitrogens with one attached hydrogen (secondary N) is 1. The molecular weight excluding hydrogens is 244 g/mol. The maximum Gasteiger partial charge on any atom is 0.120 e. The molecule has 0 amide bonds. The Hall–Kier alpha value is -1.39. The Morgan fingerprint density at radius 3 is 2.78 bits per heavy atom. The Kier molecular flexibility index (Phi) is 4.33. The van der Waals surface area contributed by atoms with Crippen molar-refractivity contribution in [3.05, 3.63) is 45.9 Å². The Morgan fingerprint density at radius 1 is 1.39 bits per heavy atom. The molecule has 0 fully saturated rings. The molecule has 1 aromatic heterocycles. The van der Waals surface area contributed by atoms with E-state index in [2.05, 4.69) is 24.1 Å². The lowest BCUT2D eigenvalue weighted by atomic mass is 10.0. The SMILES string of the molecule is CCC(NCc1ncc(C)s1)c1ccccc1O. The number of para-hydroxylation sites is 1. The predicted octanol–water partition coefficient (Wildman–Crippen LogP) is 3.40. The fraction of sp³-hybridized carbons (Fsp3) is 0.357. The van der Waals surface area contributed by atoms with Crippen molar-refractivity contribution in [2.24, 2.45) is 0 Å². The number of benzene rings is 1. The lowest BCUT2D eigenvalue weighted by Crippen LogP contribution is -2.20. The second-order valence-corrected chi connectivity index (χ2v) is 5.58. The minimum atomic E-state index is 0.162. The van der Waals surface area contributed by atoms with Crippen LogP contribution in [-0.2, 0) is 6.54 Å². The summed E-state index contributed by atoms with van der Waals surface area (Å²) >= 11 is 1.70. The molecule has 1 atom stereocenters. The number of hydrogen-bond donors (Lipinski definition) is 2. The van der Waals surface area contributed by atoms with Gasteiger partial charge < -0.3 is 10.4 Å². The summed E-state index contributed by atoms with van der Waals surface area (Å²) in [6, 6.07) is 7.65. The minimum Gasteiger partial charge on any atom is -0.508 e. The third-order valence-electron chi connectivity index (χ3n) is 2.89. The third kappa shape index (κ3) is 3.09. The highest BCUT2D eigenvalue weighted by molar-refractivity contribution is 7.11. The highest BCUT2D eigenvalue weighted by atomic mass is 32.1. The van der Waals surface area contributed by atoms with E-state index in [1.807, 2.05) is 24.4 Å². The van der Waals surface area contributed by atoms with Crippen LogP contribution in [-0.4, -0.2) is 10.1 Å². The summed E-state index contributed by atoms with van der Waals surface area (Å²) in [6.45, 7) is 4.91. The van der Waals surface area contributed by atoms with Crippen molar-refractivity contribution in [1.29, 1.82) is 0 Å². The van der Waals surface area contributed by atoms with Gasteiger partial charge in [0.25, 0.3) is 0 Å². The molecule has 0 spiro atoms. The van der Waals surface area contributed by atoms with Crippen LogP contribution in [0.2, 0.25) is 0 Å². The van der Waals surface area contributed by atoms with Crippen molar-refractivity contribution < 1.29 is 5.11 Å². The van der Waals surface area contributed by atoms with Gasteiger partial charge in [0.1, 0.15) is 10.8 Å². The Balaban J connectivity index is 2.04. The first kappa shape index (κ1) is 13.1. The highest BCUT2D eigenvalue weighted by Gasteiger charge is 2.12. The van der Waals surface area contributed by atoms with Crippen molar-refractivity contribution >= 4 is 11.3 Å². The molecule has 1 unspecified atom stereocenters. The molecule has 0 aliphatic rings. The van der Waals surface area contributed by atoms with Crippen LogP contribution in [0.1, 0.15) is 34.8 Å². The molecule has 0 aliphatic heterocycles. The fourth-order valence-electron chi connectivity index (χ4n) is 1.95. The second-order valence-electron chi connectivity index (χ2n) is 4.27. The van der Waals surface area contributed by atoms with Crippen LogP contribution in [0, 0.1) is 6.92 Å². The van der Waals surface area contributed by atoms with E-state index in [-0.39, 0.29) is 6.04 Å². The summed E-state index contributed by atoms with van der Waals surface area (Å²) in [5.74, 6) is 0.354. The van der Waals surface area contributed by atoms with Crippen molar-refractivity contribution in [2.75, 3.05) is 0 Å². The molecule has 4 heteroatoms. The second kappa shape index (κ2) is 5.98. The van der Waals surface area contributed by atoms with Crippen molar-refractivity contribution in [1.82, 2.24) is 10.3 Å². The van der Waals surface area contributed by atoms with Gasteiger partial charge >= 0.3 is 0 Å². The number of phenols is 1. The minimum absolute atomic E-state index is 0.162. The molecule has 2 N–H and O–H groups in total. The topological polar surface area (TPSA) is 45.2 Å². The Labute approximate surface area is 112 Å². The molecule has 1 aromatic carbocycles. The van der Waals surface area contributed by atoms with Crippen LogP contribution in [0.5, 0.6) is 5.75 Å². The highest BCUT2D eigenvalue weighted by Crippen LogP contribution is 2.26. The van der Waals surface area contributed by atoms with Gasteiger partial charge in [0.15, 0.2) is 0 Å². The first-order valence-corrected chi connectivity index (χ1v) is 6.95. The first-order chi connectivity index (χ1) is 8.70. The number of hydrogen-bond acceptors (Lipinski definition) is 4. The van der Waals surface area contributed by atoms with E-state index in [0.717, 1.165) is 23.5 Å². The summed E-state index contributed by atoms with van der Waals surface area (Å²) in [5.41, 5.74) is 0.952. The standard InChI is InChI=1S/C14H18N2OS/c1-3-12(11-6-4-5-7-13(11)17)15-9-14-16-8-10(2)18-14/h4-8,12,15,17H,3,9H2,1-2H3. The van der Waals surface area contributed by atoms with Crippen LogP contribution >= 0.6 is 11.3 Å². The van der Waals surface area contributed by atoms with Gasteiger partial charge in [0, 0.05) is 29.2 Å². The molecule has 0 bridgehead atoms. The maximum atomic E-state index is 9.86. The van der Waals surface area contributed by atoms with Crippen molar-refractivity contribution in [2.45, 2.75) is 32.9 Å². The van der Waals surface area contributed by atoms with E-state index in [1.54, 1.807) is 17.4 Å². The maximum absolute atomic E-state index is 9.86. The fourth-order valence-corrected chi connectivity index (χ4v) is 2.69. The summed E-state index contributed by atoms with van der Waals surface area (Å²) in [7, 11) is 0. The van der Waals surface area contributed by atoms with E-state index in [1.165, 1.54) is 4.88 Å².